The Morgan fingerprint density at radius 1 is 1.30 bits per heavy atom. The van der Waals surface area contributed by atoms with E-state index in [0.717, 1.165) is 17.7 Å². The van der Waals surface area contributed by atoms with Crippen molar-refractivity contribution < 1.29 is 14.7 Å². The Bertz CT molecular complexity index is 544. The lowest BCUT2D eigenvalue weighted by Gasteiger charge is -2.30. The van der Waals surface area contributed by atoms with Crippen molar-refractivity contribution in [3.05, 3.63) is 29.6 Å². The van der Waals surface area contributed by atoms with Crippen LogP contribution in [0.2, 0.25) is 0 Å². The van der Waals surface area contributed by atoms with Crippen LogP contribution in [0.25, 0.3) is 0 Å². The van der Waals surface area contributed by atoms with Crippen LogP contribution in [0, 0.1) is 11.8 Å². The van der Waals surface area contributed by atoms with Crippen LogP contribution in [0.3, 0.4) is 0 Å². The van der Waals surface area contributed by atoms with E-state index in [0.29, 0.717) is 32.4 Å². The molecule has 0 spiro atoms. The molecule has 1 amide bonds. The summed E-state index contributed by atoms with van der Waals surface area (Å²) in [5.41, 5.74) is 2.19. The van der Waals surface area contributed by atoms with Crippen LogP contribution < -0.4 is 0 Å². The second-order valence-corrected chi connectivity index (χ2v) is 5.66. The van der Waals surface area contributed by atoms with Gasteiger partial charge in [0.25, 0.3) is 0 Å². The van der Waals surface area contributed by atoms with Gasteiger partial charge in [0.15, 0.2) is 0 Å². The topological polar surface area (TPSA) is 70.5 Å². The molecule has 0 radical (unpaired) electrons. The van der Waals surface area contributed by atoms with E-state index in [1.807, 2.05) is 17.0 Å². The van der Waals surface area contributed by atoms with Crippen molar-refractivity contribution in [2.24, 2.45) is 11.8 Å². The van der Waals surface area contributed by atoms with Gasteiger partial charge in [-0.05, 0) is 30.9 Å². The summed E-state index contributed by atoms with van der Waals surface area (Å²) in [6, 6.07) is 3.90. The predicted octanol–water partition coefficient (Wildman–Crippen LogP) is 1.47. The Balaban J connectivity index is 1.66. The average Bonchev–Trinajstić information content (AvgIpc) is 2.96. The van der Waals surface area contributed by atoms with E-state index < -0.39 is 5.97 Å². The Morgan fingerprint density at radius 2 is 2.10 bits per heavy atom. The lowest BCUT2D eigenvalue weighted by atomic mass is 10.0. The summed E-state index contributed by atoms with van der Waals surface area (Å²) in [5.74, 6) is -1.12. The predicted molar refractivity (Wildman–Crippen MR) is 71.8 cm³/mol. The van der Waals surface area contributed by atoms with Crippen molar-refractivity contribution in [1.29, 1.82) is 0 Å². The molecule has 1 aliphatic heterocycles. The monoisotopic (exact) mass is 274 g/mol. The Kier molecular flexibility index (Phi) is 3.42. The molecule has 1 fully saturated rings. The minimum Gasteiger partial charge on any atom is -0.481 e. The number of carboxylic acid groups (broad SMARTS) is 1. The number of aromatic nitrogens is 1. The highest BCUT2D eigenvalue weighted by atomic mass is 16.4. The smallest absolute Gasteiger partial charge is 0.306 e. The van der Waals surface area contributed by atoms with Gasteiger partial charge in [0.1, 0.15) is 0 Å². The number of pyridine rings is 1. The molecule has 1 aliphatic carbocycles. The molecule has 0 saturated heterocycles. The van der Waals surface area contributed by atoms with Gasteiger partial charge in [0.05, 0.1) is 5.92 Å². The largest absolute Gasteiger partial charge is 0.481 e. The molecule has 2 atom stereocenters. The van der Waals surface area contributed by atoms with Gasteiger partial charge in [0.2, 0.25) is 5.91 Å². The van der Waals surface area contributed by atoms with Crippen LogP contribution in [0.1, 0.15) is 30.5 Å². The second-order valence-electron chi connectivity index (χ2n) is 5.66. The lowest BCUT2D eigenvalue weighted by molar-refractivity contribution is -0.141. The second kappa shape index (κ2) is 5.23. The van der Waals surface area contributed by atoms with Gasteiger partial charge < -0.3 is 10.0 Å². The highest BCUT2D eigenvalue weighted by molar-refractivity contribution is 5.81. The van der Waals surface area contributed by atoms with E-state index in [1.54, 1.807) is 6.20 Å². The Labute approximate surface area is 117 Å². The first-order valence-electron chi connectivity index (χ1n) is 7.09. The normalized spacial score (nSPS) is 25.3. The highest BCUT2D eigenvalue weighted by Gasteiger charge is 2.36. The summed E-state index contributed by atoms with van der Waals surface area (Å²) >= 11 is 0. The van der Waals surface area contributed by atoms with E-state index in [9.17, 15) is 9.59 Å². The standard InChI is InChI=1S/C15H18N2O3/c18-14(10-3-4-11(8-10)15(19)20)17-7-5-13-12(9-17)2-1-6-16-13/h1-2,6,10-11H,3-5,7-9H2,(H,19,20)/t10-,11+/m1/s1. The van der Waals surface area contributed by atoms with Crippen LogP contribution in [0.4, 0.5) is 0 Å². The highest BCUT2D eigenvalue weighted by Crippen LogP contribution is 2.33. The third-order valence-electron chi connectivity index (χ3n) is 4.41. The molecule has 5 heteroatoms. The number of hydrogen-bond donors (Lipinski definition) is 1. The molecule has 1 saturated carbocycles. The zero-order valence-electron chi connectivity index (χ0n) is 11.3. The zero-order chi connectivity index (χ0) is 14.1. The third-order valence-corrected chi connectivity index (χ3v) is 4.41. The van der Waals surface area contributed by atoms with Gasteiger partial charge in [-0.15, -0.1) is 0 Å². The number of aliphatic carboxylic acids is 1. The number of rotatable bonds is 2. The molecule has 1 N–H and O–H groups in total. The van der Waals surface area contributed by atoms with Crippen LogP contribution in [0.5, 0.6) is 0 Å². The van der Waals surface area contributed by atoms with Gasteiger partial charge in [-0.25, -0.2) is 0 Å². The Morgan fingerprint density at radius 3 is 2.85 bits per heavy atom. The van der Waals surface area contributed by atoms with Gasteiger partial charge in [-0.3, -0.25) is 14.6 Å². The minimum absolute atomic E-state index is 0.114. The Hall–Kier alpha value is -1.91. The summed E-state index contributed by atoms with van der Waals surface area (Å²) in [6.45, 7) is 1.30. The summed E-state index contributed by atoms with van der Waals surface area (Å²) in [6.07, 6.45) is 4.39. The van der Waals surface area contributed by atoms with Crippen molar-refractivity contribution >= 4 is 11.9 Å². The number of carbonyl (C=O) groups excluding carboxylic acids is 1. The van der Waals surface area contributed by atoms with E-state index in [-0.39, 0.29) is 17.7 Å². The molecule has 0 aromatic carbocycles. The van der Waals surface area contributed by atoms with Crippen LogP contribution in [-0.2, 0) is 22.6 Å². The van der Waals surface area contributed by atoms with E-state index in [4.69, 9.17) is 5.11 Å². The molecule has 1 aromatic rings. The molecule has 2 heterocycles. The molecule has 5 nitrogen and oxygen atoms in total. The molecule has 0 bridgehead atoms. The fourth-order valence-corrected chi connectivity index (χ4v) is 3.24. The van der Waals surface area contributed by atoms with E-state index >= 15 is 0 Å². The summed E-state index contributed by atoms with van der Waals surface area (Å²) < 4.78 is 0. The van der Waals surface area contributed by atoms with Crippen molar-refractivity contribution in [3.63, 3.8) is 0 Å². The van der Waals surface area contributed by atoms with Crippen molar-refractivity contribution in [3.8, 4) is 0 Å². The maximum atomic E-state index is 12.5. The maximum Gasteiger partial charge on any atom is 0.306 e. The quantitative estimate of drug-likeness (QED) is 0.886. The summed E-state index contributed by atoms with van der Waals surface area (Å²) in [5, 5.41) is 9.02. The van der Waals surface area contributed by atoms with Crippen molar-refractivity contribution in [2.45, 2.75) is 32.2 Å². The third kappa shape index (κ3) is 2.40. The van der Waals surface area contributed by atoms with Crippen molar-refractivity contribution in [1.82, 2.24) is 9.88 Å². The van der Waals surface area contributed by atoms with E-state index in [2.05, 4.69) is 4.98 Å². The van der Waals surface area contributed by atoms with Crippen LogP contribution in [0.15, 0.2) is 18.3 Å². The molecule has 3 rings (SSSR count). The van der Waals surface area contributed by atoms with Crippen molar-refractivity contribution in [2.75, 3.05) is 6.54 Å². The number of amides is 1. The molecular formula is C15H18N2O3. The maximum absolute atomic E-state index is 12.5. The fraction of sp³-hybridized carbons (Fsp3) is 0.533. The number of carbonyl (C=O) groups is 2. The SMILES string of the molecule is O=C(O)[C@H]1CC[C@@H](C(=O)N2CCc3ncccc3C2)C1. The number of carboxylic acids is 1. The van der Waals surface area contributed by atoms with Gasteiger partial charge in [-0.1, -0.05) is 6.07 Å². The summed E-state index contributed by atoms with van der Waals surface area (Å²) in [7, 11) is 0. The first kappa shape index (κ1) is 13.1. The molecule has 2 aliphatic rings. The van der Waals surface area contributed by atoms with Gasteiger partial charge >= 0.3 is 5.97 Å². The zero-order valence-corrected chi connectivity index (χ0v) is 11.3. The first-order valence-corrected chi connectivity index (χ1v) is 7.09. The number of nitrogens with zero attached hydrogens (tertiary/aromatic N) is 2. The number of fused-ring (bicyclic) bond motifs is 1. The molecule has 20 heavy (non-hydrogen) atoms. The summed E-state index contributed by atoms with van der Waals surface area (Å²) in [4.78, 5) is 29.7. The first-order chi connectivity index (χ1) is 9.65. The molecular weight excluding hydrogens is 256 g/mol. The average molecular weight is 274 g/mol. The molecule has 1 aromatic heterocycles. The number of hydrogen-bond acceptors (Lipinski definition) is 3. The minimum atomic E-state index is -0.770. The van der Waals surface area contributed by atoms with E-state index in [1.165, 1.54) is 0 Å². The lowest BCUT2D eigenvalue weighted by Crippen LogP contribution is -2.39. The van der Waals surface area contributed by atoms with Gasteiger partial charge in [0, 0.05) is 37.3 Å². The van der Waals surface area contributed by atoms with Gasteiger partial charge in [-0.2, -0.15) is 0 Å². The fourth-order valence-electron chi connectivity index (χ4n) is 3.24. The van der Waals surface area contributed by atoms with Crippen LogP contribution in [-0.4, -0.2) is 33.4 Å². The molecule has 0 unspecified atom stereocenters. The van der Waals surface area contributed by atoms with Crippen LogP contribution >= 0.6 is 0 Å². The molecule has 106 valence electrons.